The number of pyridine rings is 1. The lowest BCUT2D eigenvalue weighted by Gasteiger charge is -2.18. The van der Waals surface area contributed by atoms with Crippen LogP contribution in [-0.2, 0) is 12.8 Å². The number of aryl methyl sites for hydroxylation is 3. The molecule has 0 unspecified atom stereocenters. The van der Waals surface area contributed by atoms with Gasteiger partial charge in [0.1, 0.15) is 0 Å². The molecule has 0 radical (unpaired) electrons. The van der Waals surface area contributed by atoms with Crippen molar-refractivity contribution in [2.75, 3.05) is 0 Å². The zero-order chi connectivity index (χ0) is 15.3. The largest absolute Gasteiger partial charge is 0.233 e. The fourth-order valence-corrected chi connectivity index (χ4v) is 3.67. The molecule has 1 aliphatic carbocycles. The lowest BCUT2D eigenvalue weighted by atomic mass is 9.89. The molecule has 1 aliphatic rings. The first-order valence-electron chi connectivity index (χ1n) is 7.79. The summed E-state index contributed by atoms with van der Waals surface area (Å²) in [7, 11) is 0. The van der Waals surface area contributed by atoms with E-state index in [4.69, 9.17) is 21.7 Å². The Balaban J connectivity index is 2.02. The highest BCUT2D eigenvalue weighted by Gasteiger charge is 2.21. The van der Waals surface area contributed by atoms with Crippen LogP contribution in [0.5, 0.6) is 0 Å². The summed E-state index contributed by atoms with van der Waals surface area (Å²) in [5.74, 6) is 0. The first kappa shape index (κ1) is 13.8. The third-order valence-electron chi connectivity index (χ3n) is 4.59. The molecule has 2 heterocycles. The van der Waals surface area contributed by atoms with Crippen molar-refractivity contribution in [3.63, 3.8) is 0 Å². The summed E-state index contributed by atoms with van der Waals surface area (Å²) in [5, 5.41) is 6.73. The third-order valence-corrected chi connectivity index (χ3v) is 4.84. The molecule has 0 amide bonds. The number of hydrogen-bond donors (Lipinski definition) is 0. The molecule has 1 aromatic carbocycles. The van der Waals surface area contributed by atoms with Crippen molar-refractivity contribution < 1.29 is 0 Å². The molecule has 4 heteroatoms. The molecule has 0 atom stereocenters. The molecule has 3 aromatic rings. The van der Waals surface area contributed by atoms with Gasteiger partial charge in [0, 0.05) is 16.1 Å². The van der Waals surface area contributed by atoms with E-state index < -0.39 is 0 Å². The molecule has 0 bridgehead atoms. The van der Waals surface area contributed by atoms with Crippen LogP contribution in [0, 0.1) is 13.8 Å². The Morgan fingerprint density at radius 2 is 1.64 bits per heavy atom. The third kappa shape index (κ3) is 2.03. The van der Waals surface area contributed by atoms with Gasteiger partial charge in [-0.1, -0.05) is 11.6 Å². The zero-order valence-electron chi connectivity index (χ0n) is 12.9. The van der Waals surface area contributed by atoms with Crippen LogP contribution < -0.4 is 0 Å². The molecule has 2 aromatic heterocycles. The second-order valence-corrected chi connectivity index (χ2v) is 6.47. The minimum Gasteiger partial charge on any atom is -0.233 e. The molecular weight excluding hydrogens is 294 g/mol. The summed E-state index contributed by atoms with van der Waals surface area (Å²) in [6.45, 7) is 4.21. The molecule has 0 saturated carbocycles. The summed E-state index contributed by atoms with van der Waals surface area (Å²) < 4.78 is 1.95. The van der Waals surface area contributed by atoms with Gasteiger partial charge in [-0.15, -0.1) is 0 Å². The number of hydrogen-bond acceptors (Lipinski definition) is 2. The monoisotopic (exact) mass is 311 g/mol. The van der Waals surface area contributed by atoms with E-state index in [1.807, 2.05) is 28.9 Å². The number of fused-ring (bicyclic) bond motifs is 3. The van der Waals surface area contributed by atoms with E-state index in [2.05, 4.69) is 13.8 Å². The lowest BCUT2D eigenvalue weighted by molar-refractivity contribution is 0.682. The van der Waals surface area contributed by atoms with Gasteiger partial charge in [-0.05, 0) is 74.9 Å². The van der Waals surface area contributed by atoms with E-state index in [1.54, 1.807) is 0 Å². The molecule has 0 saturated heterocycles. The number of halogens is 1. The Hall–Kier alpha value is -1.87. The van der Waals surface area contributed by atoms with Crippen molar-refractivity contribution in [2.24, 2.45) is 0 Å². The average molecular weight is 312 g/mol. The molecular formula is C18H18ClN3. The van der Waals surface area contributed by atoms with Crippen molar-refractivity contribution in [2.45, 2.75) is 39.5 Å². The van der Waals surface area contributed by atoms with E-state index in [1.165, 1.54) is 29.4 Å². The fraction of sp³-hybridized carbons (Fsp3) is 0.333. The van der Waals surface area contributed by atoms with Crippen LogP contribution in [0.25, 0.3) is 16.7 Å². The molecule has 112 valence electrons. The molecule has 3 nitrogen and oxygen atoms in total. The van der Waals surface area contributed by atoms with Crippen LogP contribution in [-0.4, -0.2) is 14.8 Å². The van der Waals surface area contributed by atoms with Crippen LogP contribution >= 0.6 is 11.6 Å². The Morgan fingerprint density at radius 1 is 0.955 bits per heavy atom. The van der Waals surface area contributed by atoms with Gasteiger partial charge in [0.2, 0.25) is 0 Å². The molecule has 0 aliphatic heterocycles. The van der Waals surface area contributed by atoms with Crippen LogP contribution in [0.15, 0.2) is 24.3 Å². The summed E-state index contributed by atoms with van der Waals surface area (Å²) in [6, 6.07) is 7.77. The van der Waals surface area contributed by atoms with Gasteiger partial charge >= 0.3 is 0 Å². The van der Waals surface area contributed by atoms with Crippen molar-refractivity contribution >= 4 is 22.6 Å². The van der Waals surface area contributed by atoms with Gasteiger partial charge in [0.15, 0.2) is 5.65 Å². The van der Waals surface area contributed by atoms with E-state index in [0.29, 0.717) is 0 Å². The fourth-order valence-electron chi connectivity index (χ4n) is 3.54. The summed E-state index contributed by atoms with van der Waals surface area (Å²) in [6.07, 6.45) is 4.82. The smallest absolute Gasteiger partial charge is 0.163 e. The highest BCUT2D eigenvalue weighted by atomic mass is 35.5. The Kier molecular flexibility index (Phi) is 3.19. The standard InChI is InChI=1S/C18H18ClN3/c1-11-15-5-3-4-6-16(15)17-12(2)21-22(18(17)20-11)14-9-7-13(19)8-10-14/h7-10H,3-6H2,1-2H3. The topological polar surface area (TPSA) is 30.7 Å². The molecule has 0 spiro atoms. The number of nitrogens with zero attached hydrogens (tertiary/aromatic N) is 3. The van der Waals surface area contributed by atoms with Gasteiger partial charge < -0.3 is 0 Å². The molecule has 0 fully saturated rings. The highest BCUT2D eigenvalue weighted by Crippen LogP contribution is 2.32. The predicted molar refractivity (Wildman–Crippen MR) is 90.0 cm³/mol. The van der Waals surface area contributed by atoms with Gasteiger partial charge in [0.25, 0.3) is 0 Å². The summed E-state index contributed by atoms with van der Waals surface area (Å²) in [4.78, 5) is 4.88. The van der Waals surface area contributed by atoms with Crippen LogP contribution in [0.1, 0.15) is 35.4 Å². The second-order valence-electron chi connectivity index (χ2n) is 6.03. The Morgan fingerprint density at radius 3 is 2.36 bits per heavy atom. The minimum absolute atomic E-state index is 0.735. The van der Waals surface area contributed by atoms with Gasteiger partial charge in [-0.25, -0.2) is 9.67 Å². The SMILES string of the molecule is Cc1nc2c(c(C)nn2-c2ccc(Cl)cc2)c2c1CCCC2. The molecule has 22 heavy (non-hydrogen) atoms. The summed E-state index contributed by atoms with van der Waals surface area (Å²) >= 11 is 6.00. The maximum Gasteiger partial charge on any atom is 0.163 e. The number of aromatic nitrogens is 3. The van der Waals surface area contributed by atoms with Crippen molar-refractivity contribution in [3.8, 4) is 5.69 Å². The van der Waals surface area contributed by atoms with E-state index in [0.717, 1.165) is 40.6 Å². The zero-order valence-corrected chi connectivity index (χ0v) is 13.6. The highest BCUT2D eigenvalue weighted by molar-refractivity contribution is 6.30. The molecule has 4 rings (SSSR count). The summed E-state index contributed by atoms with van der Waals surface area (Å²) in [5.41, 5.74) is 7.10. The van der Waals surface area contributed by atoms with Crippen LogP contribution in [0.3, 0.4) is 0 Å². The van der Waals surface area contributed by atoms with Crippen molar-refractivity contribution in [1.29, 1.82) is 0 Å². The van der Waals surface area contributed by atoms with E-state index in [9.17, 15) is 0 Å². The maximum atomic E-state index is 6.00. The normalized spacial score (nSPS) is 14.3. The predicted octanol–water partition coefficient (Wildman–Crippen LogP) is 4.57. The van der Waals surface area contributed by atoms with E-state index in [-0.39, 0.29) is 0 Å². The number of benzene rings is 1. The first-order valence-corrected chi connectivity index (χ1v) is 8.16. The van der Waals surface area contributed by atoms with Gasteiger partial charge in [-0.2, -0.15) is 5.10 Å². The van der Waals surface area contributed by atoms with Gasteiger partial charge in [0.05, 0.1) is 11.4 Å². The van der Waals surface area contributed by atoms with Crippen LogP contribution in [0.2, 0.25) is 5.02 Å². The van der Waals surface area contributed by atoms with Crippen molar-refractivity contribution in [1.82, 2.24) is 14.8 Å². The van der Waals surface area contributed by atoms with Gasteiger partial charge in [-0.3, -0.25) is 0 Å². The maximum absolute atomic E-state index is 6.00. The lowest BCUT2D eigenvalue weighted by Crippen LogP contribution is -2.08. The average Bonchev–Trinajstić information content (AvgIpc) is 2.85. The quantitative estimate of drug-likeness (QED) is 0.659. The van der Waals surface area contributed by atoms with E-state index >= 15 is 0 Å². The molecule has 0 N–H and O–H groups in total. The second kappa shape index (κ2) is 5.10. The number of rotatable bonds is 1. The Labute approximate surface area is 134 Å². The van der Waals surface area contributed by atoms with Crippen LogP contribution in [0.4, 0.5) is 0 Å². The Bertz CT molecular complexity index is 862. The minimum atomic E-state index is 0.735. The first-order chi connectivity index (χ1) is 10.6. The van der Waals surface area contributed by atoms with Crippen molar-refractivity contribution in [3.05, 3.63) is 51.8 Å².